The summed E-state index contributed by atoms with van der Waals surface area (Å²) in [5, 5.41) is 7.70. The fourth-order valence-electron chi connectivity index (χ4n) is 3.01. The van der Waals surface area contributed by atoms with Gasteiger partial charge in [0.05, 0.1) is 55.2 Å². The summed E-state index contributed by atoms with van der Waals surface area (Å²) in [6.45, 7) is 1.40. The van der Waals surface area contributed by atoms with Crippen LogP contribution in [0.4, 0.5) is 13.2 Å². The van der Waals surface area contributed by atoms with E-state index in [1.807, 2.05) is 12.1 Å². The summed E-state index contributed by atoms with van der Waals surface area (Å²) in [5.74, 6) is 0.812. The lowest BCUT2D eigenvalue weighted by atomic mass is 10.1. The number of nitrogens with one attached hydrogen (secondary N) is 1. The van der Waals surface area contributed by atoms with E-state index >= 15 is 0 Å². The second-order valence-corrected chi connectivity index (χ2v) is 6.03. The summed E-state index contributed by atoms with van der Waals surface area (Å²) in [4.78, 5) is 0. The molecule has 0 spiro atoms. The molecule has 1 aromatic carbocycles. The van der Waals surface area contributed by atoms with Crippen molar-refractivity contribution in [2.45, 2.75) is 25.4 Å². The van der Waals surface area contributed by atoms with Crippen LogP contribution in [0.25, 0.3) is 5.69 Å². The highest BCUT2D eigenvalue weighted by Crippen LogP contribution is 2.31. The molecular formula is C18H16F3N3O2. The summed E-state index contributed by atoms with van der Waals surface area (Å²) < 4.78 is 50.8. The van der Waals surface area contributed by atoms with Gasteiger partial charge in [-0.05, 0) is 36.4 Å². The van der Waals surface area contributed by atoms with Gasteiger partial charge >= 0.3 is 6.18 Å². The number of hydrogen-bond donors (Lipinski definition) is 1. The molecule has 4 rings (SSSR count). The molecule has 3 heterocycles. The first-order valence-corrected chi connectivity index (χ1v) is 8.10. The molecule has 0 saturated carbocycles. The minimum Gasteiger partial charge on any atom is -0.468 e. The van der Waals surface area contributed by atoms with E-state index in [-0.39, 0.29) is 6.04 Å². The highest BCUT2D eigenvalue weighted by atomic mass is 19.4. The standard InChI is InChI=1S/C18H16F3N3O2/c19-18(20,21)12-3-5-13(6-4-12)24-17-11-25-10-16(15(17)9-23-24)22-8-14-2-1-7-26-14/h1-7,9,16,22H,8,10-11H2. The summed E-state index contributed by atoms with van der Waals surface area (Å²) in [5.41, 5.74) is 1.68. The number of halogens is 3. The lowest BCUT2D eigenvalue weighted by Crippen LogP contribution is -2.29. The van der Waals surface area contributed by atoms with Crippen LogP contribution in [0.15, 0.2) is 53.3 Å². The van der Waals surface area contributed by atoms with Crippen LogP contribution in [-0.4, -0.2) is 16.4 Å². The molecule has 0 saturated heterocycles. The number of alkyl halides is 3. The zero-order valence-electron chi connectivity index (χ0n) is 13.7. The van der Waals surface area contributed by atoms with Gasteiger partial charge in [-0.1, -0.05) is 0 Å². The summed E-state index contributed by atoms with van der Waals surface area (Å²) in [6, 6.07) is 8.57. The van der Waals surface area contributed by atoms with E-state index in [4.69, 9.17) is 9.15 Å². The first kappa shape index (κ1) is 16.9. The molecule has 0 amide bonds. The molecule has 1 N–H and O–H groups in total. The molecule has 0 fully saturated rings. The smallest absolute Gasteiger partial charge is 0.416 e. The molecule has 5 nitrogen and oxygen atoms in total. The fraction of sp³-hybridized carbons (Fsp3) is 0.278. The number of aromatic nitrogens is 2. The number of rotatable bonds is 4. The summed E-state index contributed by atoms with van der Waals surface area (Å²) in [6.07, 6.45) is -1.01. The minimum atomic E-state index is -4.36. The van der Waals surface area contributed by atoms with Crippen molar-refractivity contribution < 1.29 is 22.3 Å². The fourth-order valence-corrected chi connectivity index (χ4v) is 3.01. The van der Waals surface area contributed by atoms with Crippen molar-refractivity contribution in [2.75, 3.05) is 6.61 Å². The van der Waals surface area contributed by atoms with Crippen LogP contribution in [0.3, 0.4) is 0 Å². The zero-order valence-corrected chi connectivity index (χ0v) is 13.7. The Kier molecular flexibility index (Phi) is 4.29. The molecule has 1 aliphatic rings. The third kappa shape index (κ3) is 3.25. The van der Waals surface area contributed by atoms with Gasteiger partial charge in [-0.15, -0.1) is 0 Å². The Bertz CT molecular complexity index is 870. The zero-order chi connectivity index (χ0) is 18.1. The third-order valence-electron chi connectivity index (χ3n) is 4.34. The highest BCUT2D eigenvalue weighted by molar-refractivity contribution is 5.39. The topological polar surface area (TPSA) is 52.2 Å². The lowest BCUT2D eigenvalue weighted by Gasteiger charge is -2.24. The average Bonchev–Trinajstić information content (AvgIpc) is 3.29. The molecule has 1 aliphatic heterocycles. The maximum atomic E-state index is 12.7. The molecule has 3 aromatic rings. The summed E-state index contributed by atoms with van der Waals surface area (Å²) in [7, 11) is 0. The Morgan fingerprint density at radius 1 is 1.19 bits per heavy atom. The normalized spacial score (nSPS) is 17.3. The number of nitrogens with zero attached hydrogens (tertiary/aromatic N) is 2. The second-order valence-electron chi connectivity index (χ2n) is 6.03. The van der Waals surface area contributed by atoms with E-state index in [0.717, 1.165) is 29.2 Å². The average molecular weight is 363 g/mol. The SMILES string of the molecule is FC(F)(F)c1ccc(-n2ncc3c2COCC3NCc2ccco2)cc1. The van der Waals surface area contributed by atoms with Crippen molar-refractivity contribution in [1.29, 1.82) is 0 Å². The van der Waals surface area contributed by atoms with E-state index in [2.05, 4.69) is 10.4 Å². The van der Waals surface area contributed by atoms with Gasteiger partial charge < -0.3 is 14.5 Å². The van der Waals surface area contributed by atoms with Crippen LogP contribution >= 0.6 is 0 Å². The molecule has 26 heavy (non-hydrogen) atoms. The van der Waals surface area contributed by atoms with Gasteiger partial charge in [0.1, 0.15) is 5.76 Å². The van der Waals surface area contributed by atoms with Gasteiger partial charge in [0.15, 0.2) is 0 Å². The molecular weight excluding hydrogens is 347 g/mol. The Balaban J connectivity index is 1.56. The molecule has 0 radical (unpaired) electrons. The quantitative estimate of drug-likeness (QED) is 0.765. The van der Waals surface area contributed by atoms with Crippen molar-refractivity contribution in [3.8, 4) is 5.69 Å². The molecule has 1 atom stereocenters. The second kappa shape index (κ2) is 6.62. The predicted molar refractivity (Wildman–Crippen MR) is 86.5 cm³/mol. The highest BCUT2D eigenvalue weighted by Gasteiger charge is 2.30. The van der Waals surface area contributed by atoms with Crippen molar-refractivity contribution >= 4 is 0 Å². The van der Waals surface area contributed by atoms with Crippen molar-refractivity contribution in [2.24, 2.45) is 0 Å². The number of hydrogen-bond acceptors (Lipinski definition) is 4. The molecule has 0 aliphatic carbocycles. The van der Waals surface area contributed by atoms with E-state index in [0.29, 0.717) is 25.4 Å². The van der Waals surface area contributed by atoms with Crippen LogP contribution in [0, 0.1) is 0 Å². The van der Waals surface area contributed by atoms with Crippen LogP contribution < -0.4 is 5.32 Å². The van der Waals surface area contributed by atoms with Crippen LogP contribution in [-0.2, 0) is 24.1 Å². The third-order valence-corrected chi connectivity index (χ3v) is 4.34. The molecule has 1 unspecified atom stereocenters. The van der Waals surface area contributed by atoms with Crippen LogP contribution in [0.5, 0.6) is 0 Å². The first-order valence-electron chi connectivity index (χ1n) is 8.10. The molecule has 8 heteroatoms. The number of benzene rings is 1. The maximum Gasteiger partial charge on any atom is 0.416 e. The number of furan rings is 1. The molecule has 0 bridgehead atoms. The Morgan fingerprint density at radius 3 is 2.69 bits per heavy atom. The van der Waals surface area contributed by atoms with Crippen LogP contribution in [0.2, 0.25) is 0 Å². The number of ether oxygens (including phenoxy) is 1. The molecule has 2 aromatic heterocycles. The van der Waals surface area contributed by atoms with Gasteiger partial charge in [-0.2, -0.15) is 18.3 Å². The Labute approximate surface area is 147 Å². The van der Waals surface area contributed by atoms with Crippen LogP contribution in [0.1, 0.15) is 28.6 Å². The van der Waals surface area contributed by atoms with Gasteiger partial charge in [0.2, 0.25) is 0 Å². The van der Waals surface area contributed by atoms with E-state index in [1.165, 1.54) is 12.1 Å². The van der Waals surface area contributed by atoms with Gasteiger partial charge in [-0.3, -0.25) is 0 Å². The summed E-state index contributed by atoms with van der Waals surface area (Å²) >= 11 is 0. The van der Waals surface area contributed by atoms with Gasteiger partial charge in [0.25, 0.3) is 0 Å². The minimum absolute atomic E-state index is 0.0629. The van der Waals surface area contributed by atoms with E-state index in [9.17, 15) is 13.2 Å². The first-order chi connectivity index (χ1) is 12.5. The Morgan fingerprint density at radius 2 is 2.00 bits per heavy atom. The maximum absolute atomic E-state index is 12.7. The largest absolute Gasteiger partial charge is 0.468 e. The van der Waals surface area contributed by atoms with Gasteiger partial charge in [0, 0.05) is 5.56 Å². The monoisotopic (exact) mass is 363 g/mol. The van der Waals surface area contributed by atoms with Crippen molar-refractivity contribution in [3.63, 3.8) is 0 Å². The molecule has 136 valence electrons. The predicted octanol–water partition coefficient (Wildman–Crippen LogP) is 3.85. The van der Waals surface area contributed by atoms with Gasteiger partial charge in [-0.25, -0.2) is 4.68 Å². The lowest BCUT2D eigenvalue weighted by molar-refractivity contribution is -0.137. The van der Waals surface area contributed by atoms with Crippen molar-refractivity contribution in [3.05, 3.63) is 71.4 Å². The van der Waals surface area contributed by atoms with E-state index in [1.54, 1.807) is 17.1 Å². The number of fused-ring (bicyclic) bond motifs is 1. The Hall–Kier alpha value is -2.58. The van der Waals surface area contributed by atoms with Crippen molar-refractivity contribution in [1.82, 2.24) is 15.1 Å². The van der Waals surface area contributed by atoms with E-state index < -0.39 is 11.7 Å².